The molecule has 1 aliphatic heterocycles. The van der Waals surface area contributed by atoms with Gasteiger partial charge in [-0.15, -0.1) is 0 Å². The number of likely N-dealkylation sites (tertiary alicyclic amines) is 1. The number of fused-ring (bicyclic) bond motifs is 5. The standard InChI is InChI=1S/C28H39NO/c1-18-6-8-20(9-7-18)17-21-10-11-22-26-19(2)16-24-28(4,15-13-25(30)29(24)5)23(26)12-14-27(21,22)3/h6-9,17,19,22-24,26H,10-16H2,1-5H3/t19?,22-,23+,24?,26-,27+,28+/m0/s1. The van der Waals surface area contributed by atoms with Crippen LogP contribution in [0.15, 0.2) is 29.8 Å². The first-order chi connectivity index (χ1) is 14.2. The van der Waals surface area contributed by atoms with Gasteiger partial charge in [0.25, 0.3) is 0 Å². The van der Waals surface area contributed by atoms with Gasteiger partial charge in [0.1, 0.15) is 0 Å². The van der Waals surface area contributed by atoms with Crippen LogP contribution in [0, 0.1) is 41.4 Å². The Hall–Kier alpha value is -1.57. The van der Waals surface area contributed by atoms with E-state index in [2.05, 4.69) is 70.0 Å². The highest BCUT2D eigenvalue weighted by molar-refractivity contribution is 5.77. The SMILES string of the molecule is Cc1ccc(C=C2CC[C@H]3[C@@H]4C(C)CC5N(C)C(=O)CC[C@]5(C)[C@@H]4CC[C@]23C)cc1. The van der Waals surface area contributed by atoms with Crippen molar-refractivity contribution in [2.24, 2.45) is 34.5 Å². The van der Waals surface area contributed by atoms with Crippen LogP contribution >= 0.6 is 0 Å². The highest BCUT2D eigenvalue weighted by Crippen LogP contribution is 2.67. The van der Waals surface area contributed by atoms with Crippen molar-refractivity contribution in [2.45, 2.75) is 78.7 Å². The number of aryl methyl sites for hydroxylation is 1. The molecule has 4 aliphatic rings. The van der Waals surface area contributed by atoms with Crippen LogP contribution in [0.2, 0.25) is 0 Å². The van der Waals surface area contributed by atoms with Crippen molar-refractivity contribution in [3.05, 3.63) is 41.0 Å². The summed E-state index contributed by atoms with van der Waals surface area (Å²) in [7, 11) is 2.07. The Kier molecular flexibility index (Phi) is 4.73. The zero-order valence-corrected chi connectivity index (χ0v) is 19.6. The highest BCUT2D eigenvalue weighted by Gasteiger charge is 2.61. The highest BCUT2D eigenvalue weighted by atomic mass is 16.2. The van der Waals surface area contributed by atoms with Crippen LogP contribution in [-0.4, -0.2) is 23.9 Å². The fraction of sp³-hybridized carbons (Fsp3) is 0.679. The predicted molar refractivity (Wildman–Crippen MR) is 124 cm³/mol. The van der Waals surface area contributed by atoms with E-state index < -0.39 is 0 Å². The number of nitrogens with zero attached hydrogens (tertiary/aromatic N) is 1. The van der Waals surface area contributed by atoms with E-state index in [0.29, 0.717) is 28.7 Å². The maximum absolute atomic E-state index is 12.4. The van der Waals surface area contributed by atoms with E-state index >= 15 is 0 Å². The second-order valence-corrected chi connectivity index (χ2v) is 11.6. The summed E-state index contributed by atoms with van der Waals surface area (Å²) in [5.74, 6) is 3.48. The zero-order chi connectivity index (χ0) is 21.3. The third kappa shape index (κ3) is 2.85. The second kappa shape index (κ2) is 6.97. The van der Waals surface area contributed by atoms with E-state index in [9.17, 15) is 4.79 Å². The Morgan fingerprint density at radius 3 is 2.50 bits per heavy atom. The Morgan fingerprint density at radius 2 is 1.77 bits per heavy atom. The van der Waals surface area contributed by atoms with Crippen LogP contribution in [0.4, 0.5) is 0 Å². The number of benzene rings is 1. The monoisotopic (exact) mass is 405 g/mol. The maximum Gasteiger partial charge on any atom is 0.222 e. The van der Waals surface area contributed by atoms with E-state index in [1.807, 2.05) is 0 Å². The topological polar surface area (TPSA) is 20.3 Å². The summed E-state index contributed by atoms with van der Waals surface area (Å²) in [5, 5.41) is 0. The molecular weight excluding hydrogens is 366 g/mol. The molecule has 2 unspecified atom stereocenters. The molecule has 1 saturated heterocycles. The lowest BCUT2D eigenvalue weighted by atomic mass is 9.45. The van der Waals surface area contributed by atoms with Gasteiger partial charge >= 0.3 is 0 Å². The van der Waals surface area contributed by atoms with Gasteiger partial charge in [-0.1, -0.05) is 62.2 Å². The summed E-state index contributed by atoms with van der Waals surface area (Å²) < 4.78 is 0. The first kappa shape index (κ1) is 20.3. The molecule has 5 rings (SSSR count). The van der Waals surface area contributed by atoms with E-state index in [1.165, 1.54) is 43.2 Å². The van der Waals surface area contributed by atoms with Crippen molar-refractivity contribution in [3.63, 3.8) is 0 Å². The summed E-state index contributed by atoms with van der Waals surface area (Å²) >= 11 is 0. The Labute approximate surface area is 183 Å². The fourth-order valence-corrected chi connectivity index (χ4v) is 8.41. The van der Waals surface area contributed by atoms with E-state index in [-0.39, 0.29) is 0 Å². The van der Waals surface area contributed by atoms with Crippen molar-refractivity contribution in [2.75, 3.05) is 7.05 Å². The number of carbonyl (C=O) groups excluding carboxylic acids is 1. The number of amides is 1. The smallest absolute Gasteiger partial charge is 0.222 e. The maximum atomic E-state index is 12.4. The average molecular weight is 406 g/mol. The van der Waals surface area contributed by atoms with Crippen LogP contribution in [0.1, 0.15) is 76.8 Å². The average Bonchev–Trinajstić information content (AvgIpc) is 3.05. The molecule has 0 bridgehead atoms. The molecule has 4 fully saturated rings. The summed E-state index contributed by atoms with van der Waals surface area (Å²) in [5.41, 5.74) is 5.08. The number of piperidine rings is 1. The second-order valence-electron chi connectivity index (χ2n) is 11.6. The Morgan fingerprint density at radius 1 is 1.03 bits per heavy atom. The van der Waals surface area contributed by atoms with Crippen molar-refractivity contribution >= 4 is 12.0 Å². The van der Waals surface area contributed by atoms with E-state index in [4.69, 9.17) is 0 Å². The van der Waals surface area contributed by atoms with E-state index in [0.717, 1.165) is 30.6 Å². The third-order valence-corrected chi connectivity index (χ3v) is 10.2. The summed E-state index contributed by atoms with van der Waals surface area (Å²) in [6.45, 7) is 9.78. The van der Waals surface area contributed by atoms with Crippen LogP contribution < -0.4 is 0 Å². The van der Waals surface area contributed by atoms with Crippen molar-refractivity contribution in [1.82, 2.24) is 4.90 Å². The van der Waals surface area contributed by atoms with Gasteiger partial charge in [0.2, 0.25) is 5.91 Å². The molecule has 0 radical (unpaired) electrons. The molecule has 30 heavy (non-hydrogen) atoms. The predicted octanol–water partition coefficient (Wildman–Crippen LogP) is 6.49. The van der Waals surface area contributed by atoms with E-state index in [1.54, 1.807) is 5.57 Å². The summed E-state index contributed by atoms with van der Waals surface area (Å²) in [4.78, 5) is 14.6. The van der Waals surface area contributed by atoms with Gasteiger partial charge in [0.15, 0.2) is 0 Å². The molecule has 2 heteroatoms. The van der Waals surface area contributed by atoms with Gasteiger partial charge in [0, 0.05) is 19.5 Å². The van der Waals surface area contributed by atoms with Crippen LogP contribution in [-0.2, 0) is 4.79 Å². The molecule has 1 aromatic rings. The minimum Gasteiger partial charge on any atom is -0.342 e. The minimum atomic E-state index is 0.310. The Balaban J connectivity index is 1.47. The van der Waals surface area contributed by atoms with Crippen molar-refractivity contribution in [3.8, 4) is 0 Å². The quantitative estimate of drug-likeness (QED) is 0.523. The lowest BCUT2D eigenvalue weighted by molar-refractivity contribution is -0.163. The third-order valence-electron chi connectivity index (χ3n) is 10.2. The van der Waals surface area contributed by atoms with Crippen LogP contribution in [0.3, 0.4) is 0 Å². The molecule has 2 nitrogen and oxygen atoms in total. The molecule has 1 aromatic carbocycles. The van der Waals surface area contributed by atoms with Gasteiger partial charge in [0.05, 0.1) is 0 Å². The number of hydrogen-bond acceptors (Lipinski definition) is 1. The van der Waals surface area contributed by atoms with Crippen molar-refractivity contribution < 1.29 is 4.79 Å². The molecular formula is C28H39NO. The minimum absolute atomic E-state index is 0.310. The number of hydrogen-bond donors (Lipinski definition) is 0. The van der Waals surface area contributed by atoms with Crippen molar-refractivity contribution in [1.29, 1.82) is 0 Å². The van der Waals surface area contributed by atoms with Crippen LogP contribution in [0.5, 0.6) is 0 Å². The molecule has 3 saturated carbocycles. The van der Waals surface area contributed by atoms with Gasteiger partial charge in [-0.2, -0.15) is 0 Å². The fourth-order valence-electron chi connectivity index (χ4n) is 8.41. The van der Waals surface area contributed by atoms with Crippen LogP contribution in [0.25, 0.3) is 6.08 Å². The number of rotatable bonds is 1. The molecule has 1 heterocycles. The molecule has 1 amide bonds. The molecule has 0 aromatic heterocycles. The molecule has 0 N–H and O–H groups in total. The number of allylic oxidation sites excluding steroid dienone is 1. The molecule has 162 valence electrons. The van der Waals surface area contributed by atoms with Gasteiger partial charge in [-0.25, -0.2) is 0 Å². The molecule has 3 aliphatic carbocycles. The van der Waals surface area contributed by atoms with Gasteiger partial charge in [-0.05, 0) is 85.5 Å². The lowest BCUT2D eigenvalue weighted by Crippen LogP contribution is -2.63. The summed E-state index contributed by atoms with van der Waals surface area (Å²) in [6, 6.07) is 9.50. The first-order valence-corrected chi connectivity index (χ1v) is 12.3. The Bertz CT molecular complexity index is 869. The first-order valence-electron chi connectivity index (χ1n) is 12.3. The molecule has 0 spiro atoms. The van der Waals surface area contributed by atoms with Gasteiger partial charge in [-0.3, -0.25) is 4.79 Å². The lowest BCUT2D eigenvalue weighted by Gasteiger charge is -2.63. The normalized spacial score (nSPS) is 44.6. The van der Waals surface area contributed by atoms with Gasteiger partial charge < -0.3 is 4.90 Å². The largest absolute Gasteiger partial charge is 0.342 e. The zero-order valence-electron chi connectivity index (χ0n) is 19.6. The summed E-state index contributed by atoms with van der Waals surface area (Å²) in [6.07, 6.45) is 10.9. The number of carbonyl (C=O) groups is 1. The molecule has 7 atom stereocenters.